The highest BCUT2D eigenvalue weighted by atomic mass is 35.5. The number of oxazole rings is 1. The molecule has 4 fully saturated rings. The Bertz CT molecular complexity index is 686. The fourth-order valence-corrected chi connectivity index (χ4v) is 4.69. The average Bonchev–Trinajstić information content (AvgIpc) is 2.76. The minimum atomic E-state index is 0.555. The molecule has 6 rings (SSSR count). The lowest BCUT2D eigenvalue weighted by Gasteiger charge is -2.41. The molecule has 0 aliphatic carbocycles. The second kappa shape index (κ2) is 4.37. The third kappa shape index (κ3) is 1.96. The maximum absolute atomic E-state index is 6.05. The number of benzene rings is 1. The van der Waals surface area contributed by atoms with Crippen LogP contribution in [0.1, 0.15) is 12.8 Å². The number of piperidine rings is 2. The minimum Gasteiger partial charge on any atom is -0.423 e. The van der Waals surface area contributed by atoms with E-state index in [-0.39, 0.29) is 0 Å². The summed E-state index contributed by atoms with van der Waals surface area (Å²) in [5.74, 6) is 1.63. The van der Waals surface area contributed by atoms with Gasteiger partial charge < -0.3 is 14.2 Å². The maximum atomic E-state index is 6.05. The van der Waals surface area contributed by atoms with E-state index >= 15 is 0 Å². The van der Waals surface area contributed by atoms with Crippen LogP contribution < -0.4 is 4.90 Å². The Kier molecular flexibility index (Phi) is 2.56. The van der Waals surface area contributed by atoms with Gasteiger partial charge in [0.2, 0.25) is 0 Å². The van der Waals surface area contributed by atoms with Crippen LogP contribution in [-0.2, 0) is 0 Å². The molecule has 21 heavy (non-hydrogen) atoms. The van der Waals surface area contributed by atoms with E-state index < -0.39 is 0 Å². The lowest BCUT2D eigenvalue weighted by Crippen LogP contribution is -2.49. The van der Waals surface area contributed by atoms with Crippen molar-refractivity contribution in [3.8, 4) is 0 Å². The molecule has 1 aromatic carbocycles. The van der Waals surface area contributed by atoms with Crippen LogP contribution in [0.25, 0.3) is 11.1 Å². The van der Waals surface area contributed by atoms with Crippen LogP contribution in [0.15, 0.2) is 22.6 Å². The van der Waals surface area contributed by atoms with Crippen molar-refractivity contribution >= 4 is 28.7 Å². The summed E-state index contributed by atoms with van der Waals surface area (Å²) in [6.45, 7) is 4.78. The second-order valence-corrected chi connectivity index (χ2v) is 7.27. The van der Waals surface area contributed by atoms with Crippen LogP contribution >= 0.6 is 11.6 Å². The number of fused-ring (bicyclic) bond motifs is 2. The molecular weight excluding hydrogens is 286 g/mol. The normalized spacial score (nSPS) is 34.6. The number of halogens is 1. The Morgan fingerprint density at radius 3 is 2.90 bits per heavy atom. The summed E-state index contributed by atoms with van der Waals surface area (Å²) >= 11 is 6.05. The van der Waals surface area contributed by atoms with Crippen molar-refractivity contribution in [2.75, 3.05) is 31.1 Å². The fourth-order valence-electron chi connectivity index (χ4n) is 4.53. The topological polar surface area (TPSA) is 32.5 Å². The average molecular weight is 304 g/mol. The molecule has 0 N–H and O–H groups in total. The van der Waals surface area contributed by atoms with E-state index in [9.17, 15) is 0 Å². The van der Waals surface area contributed by atoms with Crippen LogP contribution in [0.4, 0.5) is 6.01 Å². The molecule has 0 saturated carbocycles. The van der Waals surface area contributed by atoms with Crippen molar-refractivity contribution in [2.24, 2.45) is 11.8 Å². The first-order valence-corrected chi connectivity index (χ1v) is 8.17. The van der Waals surface area contributed by atoms with Gasteiger partial charge in [-0.2, -0.15) is 4.98 Å². The summed E-state index contributed by atoms with van der Waals surface area (Å²) in [7, 11) is 0. The van der Waals surface area contributed by atoms with Gasteiger partial charge in [0.25, 0.3) is 6.01 Å². The lowest BCUT2D eigenvalue weighted by atomic mass is 9.84. The Hall–Kier alpha value is -1.26. The summed E-state index contributed by atoms with van der Waals surface area (Å²) in [6.07, 6.45) is 2.65. The van der Waals surface area contributed by atoms with Gasteiger partial charge in [-0.15, -0.1) is 0 Å². The second-order valence-electron chi connectivity index (χ2n) is 6.84. The highest BCUT2D eigenvalue weighted by molar-refractivity contribution is 6.31. The quantitative estimate of drug-likeness (QED) is 0.811. The third-order valence-corrected chi connectivity index (χ3v) is 5.49. The maximum Gasteiger partial charge on any atom is 0.298 e. The van der Waals surface area contributed by atoms with Crippen molar-refractivity contribution in [3.63, 3.8) is 0 Å². The van der Waals surface area contributed by atoms with Crippen molar-refractivity contribution in [3.05, 3.63) is 23.2 Å². The molecule has 5 heteroatoms. The lowest BCUT2D eigenvalue weighted by molar-refractivity contribution is 0.0978. The summed E-state index contributed by atoms with van der Waals surface area (Å²) in [5, 5.41) is 0.701. The molecule has 1 aromatic heterocycles. The first-order valence-electron chi connectivity index (χ1n) is 7.80. The Labute approximate surface area is 128 Å². The molecule has 0 amide bonds. The van der Waals surface area contributed by atoms with Crippen LogP contribution in [0.2, 0.25) is 5.02 Å². The van der Waals surface area contributed by atoms with E-state index in [4.69, 9.17) is 21.0 Å². The fraction of sp³-hybridized carbons (Fsp3) is 0.562. The highest BCUT2D eigenvalue weighted by Crippen LogP contribution is 2.39. The molecule has 0 spiro atoms. The molecular formula is C16H18ClN3O. The number of aromatic nitrogens is 1. The summed E-state index contributed by atoms with van der Waals surface area (Å²) in [6, 6.07) is 7.01. The van der Waals surface area contributed by atoms with Gasteiger partial charge in [0.05, 0.1) is 0 Å². The first-order chi connectivity index (χ1) is 10.2. The predicted octanol–water partition coefficient (Wildman–Crippen LogP) is 3.01. The van der Waals surface area contributed by atoms with Crippen molar-refractivity contribution < 1.29 is 4.42 Å². The van der Waals surface area contributed by atoms with Crippen LogP contribution in [0.5, 0.6) is 0 Å². The molecule has 110 valence electrons. The summed E-state index contributed by atoms with van der Waals surface area (Å²) in [4.78, 5) is 9.75. The van der Waals surface area contributed by atoms with Crippen molar-refractivity contribution in [1.29, 1.82) is 0 Å². The SMILES string of the molecule is Clc1ccc2nc(N3CC4CC5CC3CN(C5)C4)oc2c1. The minimum absolute atomic E-state index is 0.555. The first kappa shape index (κ1) is 12.3. The number of rotatable bonds is 1. The van der Waals surface area contributed by atoms with E-state index in [1.807, 2.05) is 18.2 Å². The van der Waals surface area contributed by atoms with Gasteiger partial charge in [0.15, 0.2) is 5.58 Å². The van der Waals surface area contributed by atoms with Gasteiger partial charge in [0, 0.05) is 43.3 Å². The zero-order valence-corrected chi connectivity index (χ0v) is 12.6. The van der Waals surface area contributed by atoms with E-state index in [2.05, 4.69) is 9.80 Å². The summed E-state index contributed by atoms with van der Waals surface area (Å²) in [5.41, 5.74) is 1.69. The zero-order chi connectivity index (χ0) is 14.0. The number of anilines is 1. The molecule has 0 radical (unpaired) electrons. The molecule has 4 aliphatic rings. The molecule has 4 aliphatic heterocycles. The van der Waals surface area contributed by atoms with Crippen LogP contribution in [0.3, 0.4) is 0 Å². The van der Waals surface area contributed by atoms with Gasteiger partial charge in [-0.25, -0.2) is 0 Å². The van der Waals surface area contributed by atoms with Crippen LogP contribution in [-0.4, -0.2) is 42.1 Å². The molecule has 4 saturated heterocycles. The number of hydrogen-bond donors (Lipinski definition) is 0. The molecule has 4 bridgehead atoms. The van der Waals surface area contributed by atoms with E-state index in [0.29, 0.717) is 11.1 Å². The van der Waals surface area contributed by atoms with Crippen molar-refractivity contribution in [2.45, 2.75) is 18.9 Å². The van der Waals surface area contributed by atoms with E-state index in [1.165, 1.54) is 25.9 Å². The van der Waals surface area contributed by atoms with Crippen LogP contribution in [0, 0.1) is 11.8 Å². The number of nitrogens with zero attached hydrogens (tertiary/aromatic N) is 3. The Morgan fingerprint density at radius 2 is 2.00 bits per heavy atom. The van der Waals surface area contributed by atoms with Gasteiger partial charge >= 0.3 is 0 Å². The van der Waals surface area contributed by atoms with Gasteiger partial charge in [-0.1, -0.05) is 11.6 Å². The summed E-state index contributed by atoms with van der Waals surface area (Å²) < 4.78 is 6.01. The third-order valence-electron chi connectivity index (χ3n) is 5.25. The molecule has 5 heterocycles. The van der Waals surface area contributed by atoms with E-state index in [0.717, 1.165) is 42.0 Å². The van der Waals surface area contributed by atoms with Gasteiger partial charge in [0.1, 0.15) is 5.52 Å². The molecule has 4 unspecified atom stereocenters. The smallest absolute Gasteiger partial charge is 0.298 e. The predicted molar refractivity (Wildman–Crippen MR) is 82.8 cm³/mol. The largest absolute Gasteiger partial charge is 0.423 e. The van der Waals surface area contributed by atoms with Crippen molar-refractivity contribution in [1.82, 2.24) is 9.88 Å². The molecule has 4 nitrogen and oxygen atoms in total. The Morgan fingerprint density at radius 1 is 1.10 bits per heavy atom. The number of hydrogen-bond acceptors (Lipinski definition) is 4. The van der Waals surface area contributed by atoms with Gasteiger partial charge in [-0.05, 0) is 36.8 Å². The Balaban J connectivity index is 1.56. The monoisotopic (exact) mass is 303 g/mol. The highest BCUT2D eigenvalue weighted by Gasteiger charge is 2.42. The standard InChI is InChI=1S/C16H18ClN3O/c17-12-1-2-14-15(5-12)21-16(18-14)20-8-11-3-10-4-13(20)9-19(6-10)7-11/h1-2,5,10-11,13H,3-4,6-9H2. The van der Waals surface area contributed by atoms with Gasteiger partial charge in [-0.3, -0.25) is 0 Å². The molecule has 4 atom stereocenters. The van der Waals surface area contributed by atoms with E-state index in [1.54, 1.807) is 0 Å². The molecule has 2 aromatic rings. The zero-order valence-electron chi connectivity index (χ0n) is 11.8.